The number of benzene rings is 1. The summed E-state index contributed by atoms with van der Waals surface area (Å²) in [5.41, 5.74) is 2.24. The van der Waals surface area contributed by atoms with Crippen LogP contribution in [0, 0.1) is 0 Å². The van der Waals surface area contributed by atoms with Gasteiger partial charge in [-0.2, -0.15) is 0 Å². The van der Waals surface area contributed by atoms with Crippen molar-refractivity contribution in [2.24, 2.45) is 7.05 Å². The minimum atomic E-state index is 0.741. The molecule has 17 heavy (non-hydrogen) atoms. The molecular weight excluding hydrogens is 232 g/mol. The van der Waals surface area contributed by atoms with Gasteiger partial charge >= 0.3 is 0 Å². The van der Waals surface area contributed by atoms with Gasteiger partial charge in [-0.1, -0.05) is 24.3 Å². The van der Waals surface area contributed by atoms with Crippen LogP contribution < -0.4 is 5.32 Å². The first kappa shape index (κ1) is 12.0. The number of rotatable bonds is 5. The summed E-state index contributed by atoms with van der Waals surface area (Å²) in [5.74, 6) is 1.08. The van der Waals surface area contributed by atoms with Crippen LogP contribution in [-0.2, 0) is 13.6 Å². The fourth-order valence-corrected chi connectivity index (χ4v) is 2.33. The molecule has 0 fully saturated rings. The fraction of sp³-hybridized carbons (Fsp3) is 0.333. The zero-order valence-electron chi connectivity index (χ0n) is 10.1. The summed E-state index contributed by atoms with van der Waals surface area (Å²) in [6, 6.07) is 8.35. The minimum absolute atomic E-state index is 0.741. The third-order valence-corrected chi connectivity index (χ3v) is 3.41. The Morgan fingerprint density at radius 3 is 2.88 bits per heavy atom. The first-order valence-corrected chi connectivity index (χ1v) is 6.59. The number of aryl methyl sites for hydroxylation is 1. The maximum Gasteiger partial charge on any atom is 0.0774 e. The molecule has 0 spiro atoms. The van der Waals surface area contributed by atoms with Crippen molar-refractivity contribution in [3.8, 4) is 0 Å². The number of anilines is 1. The van der Waals surface area contributed by atoms with E-state index in [1.807, 2.05) is 24.9 Å². The van der Waals surface area contributed by atoms with E-state index in [2.05, 4.69) is 40.8 Å². The number of nitrogens with zero attached hydrogens (tertiary/aromatic N) is 3. The molecule has 2 aromatic rings. The van der Waals surface area contributed by atoms with E-state index in [0.29, 0.717) is 0 Å². The number of hydrogen-bond acceptors (Lipinski definition) is 4. The molecule has 0 aliphatic rings. The third-order valence-electron chi connectivity index (χ3n) is 2.46. The highest BCUT2D eigenvalue weighted by molar-refractivity contribution is 7.99. The maximum atomic E-state index is 3.91. The highest BCUT2D eigenvalue weighted by Crippen LogP contribution is 2.26. The van der Waals surface area contributed by atoms with E-state index in [9.17, 15) is 0 Å². The lowest BCUT2D eigenvalue weighted by Crippen LogP contribution is -2.06. The normalized spacial score (nSPS) is 10.5. The number of nitrogens with one attached hydrogen (secondary N) is 1. The lowest BCUT2D eigenvalue weighted by atomic mass is 10.3. The number of thioether (sulfide) groups is 1. The molecule has 0 amide bonds. The Morgan fingerprint density at radius 1 is 1.35 bits per heavy atom. The highest BCUT2D eigenvalue weighted by atomic mass is 32.2. The molecule has 0 aliphatic carbocycles. The van der Waals surface area contributed by atoms with Gasteiger partial charge in [0.1, 0.15) is 0 Å². The Hall–Kier alpha value is -1.49. The lowest BCUT2D eigenvalue weighted by Gasteiger charge is -2.10. The van der Waals surface area contributed by atoms with Gasteiger partial charge in [-0.3, -0.25) is 4.68 Å². The van der Waals surface area contributed by atoms with Crippen LogP contribution in [0.1, 0.15) is 12.6 Å². The lowest BCUT2D eigenvalue weighted by molar-refractivity contribution is 0.683. The average molecular weight is 248 g/mol. The summed E-state index contributed by atoms with van der Waals surface area (Å²) >= 11 is 1.84. The predicted octanol–water partition coefficient (Wildman–Crippen LogP) is 2.54. The van der Waals surface area contributed by atoms with E-state index >= 15 is 0 Å². The van der Waals surface area contributed by atoms with E-state index < -0.39 is 0 Å². The first-order chi connectivity index (χ1) is 8.31. The first-order valence-electron chi connectivity index (χ1n) is 5.60. The Balaban J connectivity index is 2.06. The SMILES string of the molecule is CCSc1ccccc1NCc1cnnn1C. The van der Waals surface area contributed by atoms with Crippen molar-refractivity contribution in [1.29, 1.82) is 0 Å². The van der Waals surface area contributed by atoms with Crippen molar-refractivity contribution in [1.82, 2.24) is 15.0 Å². The maximum absolute atomic E-state index is 3.91. The predicted molar refractivity (Wildman–Crippen MR) is 71.2 cm³/mol. The number of aromatic nitrogens is 3. The summed E-state index contributed by atoms with van der Waals surface area (Å²) in [5, 5.41) is 11.2. The summed E-state index contributed by atoms with van der Waals surface area (Å²) < 4.78 is 1.78. The molecule has 0 saturated heterocycles. The van der Waals surface area contributed by atoms with E-state index in [4.69, 9.17) is 0 Å². The van der Waals surface area contributed by atoms with Crippen LogP contribution in [0.3, 0.4) is 0 Å². The smallest absolute Gasteiger partial charge is 0.0774 e. The van der Waals surface area contributed by atoms with Crippen molar-refractivity contribution in [3.05, 3.63) is 36.2 Å². The molecule has 0 atom stereocenters. The van der Waals surface area contributed by atoms with Crippen molar-refractivity contribution in [2.75, 3.05) is 11.1 Å². The Kier molecular flexibility index (Phi) is 4.03. The van der Waals surface area contributed by atoms with Gasteiger partial charge in [-0.15, -0.1) is 16.9 Å². The largest absolute Gasteiger partial charge is 0.378 e. The molecule has 1 heterocycles. The summed E-state index contributed by atoms with van der Waals surface area (Å²) in [6.45, 7) is 2.90. The van der Waals surface area contributed by atoms with E-state index in [0.717, 1.165) is 18.0 Å². The highest BCUT2D eigenvalue weighted by Gasteiger charge is 2.03. The van der Waals surface area contributed by atoms with Gasteiger partial charge in [0, 0.05) is 17.6 Å². The summed E-state index contributed by atoms with van der Waals surface area (Å²) in [6.07, 6.45) is 1.78. The minimum Gasteiger partial charge on any atom is -0.378 e. The van der Waals surface area contributed by atoms with Crippen LogP contribution in [0.4, 0.5) is 5.69 Å². The van der Waals surface area contributed by atoms with Crippen LogP contribution in [-0.4, -0.2) is 20.7 Å². The Morgan fingerprint density at radius 2 is 2.18 bits per heavy atom. The van der Waals surface area contributed by atoms with E-state index in [1.54, 1.807) is 10.9 Å². The van der Waals surface area contributed by atoms with Crippen molar-refractivity contribution in [3.63, 3.8) is 0 Å². The zero-order chi connectivity index (χ0) is 12.1. The molecule has 0 aliphatic heterocycles. The monoisotopic (exact) mass is 248 g/mol. The number of para-hydroxylation sites is 1. The molecule has 1 aromatic carbocycles. The molecule has 90 valence electrons. The van der Waals surface area contributed by atoms with Crippen LogP contribution in [0.25, 0.3) is 0 Å². The molecule has 0 bridgehead atoms. The van der Waals surface area contributed by atoms with Crippen molar-refractivity contribution >= 4 is 17.4 Å². The fourth-order valence-electron chi connectivity index (χ4n) is 1.55. The average Bonchev–Trinajstić information content (AvgIpc) is 2.74. The Labute approximate surface area is 105 Å². The van der Waals surface area contributed by atoms with E-state index in [-0.39, 0.29) is 0 Å². The second kappa shape index (κ2) is 5.72. The number of hydrogen-bond donors (Lipinski definition) is 1. The van der Waals surface area contributed by atoms with Gasteiger partial charge in [-0.05, 0) is 17.9 Å². The second-order valence-corrected chi connectivity index (χ2v) is 4.94. The molecule has 0 radical (unpaired) electrons. The van der Waals surface area contributed by atoms with Gasteiger partial charge in [0.15, 0.2) is 0 Å². The third kappa shape index (κ3) is 3.00. The molecule has 0 saturated carbocycles. The van der Waals surface area contributed by atoms with Crippen LogP contribution >= 0.6 is 11.8 Å². The standard InChI is InChI=1S/C12H16N4S/c1-3-17-12-7-5-4-6-11(12)13-8-10-9-14-15-16(10)2/h4-7,9,13H,3,8H2,1-2H3. The molecule has 2 rings (SSSR count). The van der Waals surface area contributed by atoms with Crippen LogP contribution in [0.2, 0.25) is 0 Å². The Bertz CT molecular complexity index is 481. The van der Waals surface area contributed by atoms with Gasteiger partial charge < -0.3 is 5.32 Å². The second-order valence-electron chi connectivity index (χ2n) is 3.63. The molecule has 1 aromatic heterocycles. The molecule has 5 heteroatoms. The molecule has 0 unspecified atom stereocenters. The van der Waals surface area contributed by atoms with Gasteiger partial charge in [0.25, 0.3) is 0 Å². The quantitative estimate of drug-likeness (QED) is 0.826. The molecule has 1 N–H and O–H groups in total. The van der Waals surface area contributed by atoms with Crippen molar-refractivity contribution in [2.45, 2.75) is 18.4 Å². The topological polar surface area (TPSA) is 42.7 Å². The van der Waals surface area contributed by atoms with E-state index in [1.165, 1.54) is 10.6 Å². The van der Waals surface area contributed by atoms with Crippen LogP contribution in [0.5, 0.6) is 0 Å². The summed E-state index contributed by atoms with van der Waals surface area (Å²) in [7, 11) is 1.90. The molecule has 4 nitrogen and oxygen atoms in total. The summed E-state index contributed by atoms with van der Waals surface area (Å²) in [4.78, 5) is 1.28. The zero-order valence-corrected chi connectivity index (χ0v) is 10.9. The van der Waals surface area contributed by atoms with Crippen LogP contribution in [0.15, 0.2) is 35.4 Å². The molecular formula is C12H16N4S. The van der Waals surface area contributed by atoms with Gasteiger partial charge in [0.2, 0.25) is 0 Å². The van der Waals surface area contributed by atoms with Gasteiger partial charge in [-0.25, -0.2) is 0 Å². The van der Waals surface area contributed by atoms with Gasteiger partial charge in [0.05, 0.1) is 18.4 Å². The van der Waals surface area contributed by atoms with Crippen molar-refractivity contribution < 1.29 is 0 Å².